The van der Waals surface area contributed by atoms with Crippen LogP contribution in [-0.4, -0.2) is 29.7 Å². The molecule has 4 heterocycles. The van der Waals surface area contributed by atoms with Crippen LogP contribution in [0, 0.1) is 0 Å². The van der Waals surface area contributed by atoms with Gasteiger partial charge in [-0.1, -0.05) is 91.0 Å². The second kappa shape index (κ2) is 9.68. The molecule has 0 saturated heterocycles. The van der Waals surface area contributed by atoms with Crippen molar-refractivity contribution in [1.29, 1.82) is 0 Å². The molecule has 0 N–H and O–H groups in total. The largest absolute Gasteiger partial charge is 0.454 e. The Labute approximate surface area is 251 Å². The molecular formula is C37H22N6O. The van der Waals surface area contributed by atoms with Crippen LogP contribution in [0.5, 0.6) is 0 Å². The molecule has 0 unspecified atom stereocenters. The van der Waals surface area contributed by atoms with E-state index >= 15 is 0 Å². The zero-order valence-electron chi connectivity index (χ0n) is 23.3. The van der Waals surface area contributed by atoms with E-state index in [0.717, 1.165) is 66.3 Å². The van der Waals surface area contributed by atoms with Crippen LogP contribution in [0.1, 0.15) is 0 Å². The number of benzene rings is 5. The van der Waals surface area contributed by atoms with Gasteiger partial charge in [-0.05, 0) is 36.4 Å². The summed E-state index contributed by atoms with van der Waals surface area (Å²) in [6.07, 6.45) is 1.72. The van der Waals surface area contributed by atoms with Crippen molar-refractivity contribution in [1.82, 2.24) is 29.7 Å². The zero-order valence-corrected chi connectivity index (χ0v) is 23.3. The van der Waals surface area contributed by atoms with Gasteiger partial charge in [0.05, 0.1) is 17.2 Å². The molecule has 0 aliphatic heterocycles. The van der Waals surface area contributed by atoms with Gasteiger partial charge in [0, 0.05) is 38.5 Å². The van der Waals surface area contributed by atoms with E-state index in [0.29, 0.717) is 17.5 Å². The highest BCUT2D eigenvalue weighted by atomic mass is 16.3. The van der Waals surface area contributed by atoms with Crippen LogP contribution >= 0.6 is 0 Å². The number of para-hydroxylation sites is 1. The summed E-state index contributed by atoms with van der Waals surface area (Å²) in [6.45, 7) is 0. The Hall–Kier alpha value is -6.21. The number of hydrogen-bond acceptors (Lipinski definition) is 6. The third-order valence-electron chi connectivity index (χ3n) is 8.00. The summed E-state index contributed by atoms with van der Waals surface area (Å²) in [7, 11) is 0. The lowest BCUT2D eigenvalue weighted by molar-refractivity contribution is 0.671. The zero-order chi connectivity index (χ0) is 29.0. The van der Waals surface area contributed by atoms with Crippen molar-refractivity contribution in [3.63, 3.8) is 0 Å². The maximum atomic E-state index is 6.50. The number of aromatic nitrogens is 6. The lowest BCUT2D eigenvalue weighted by atomic mass is 10.1. The summed E-state index contributed by atoms with van der Waals surface area (Å²) in [5.74, 6) is 1.83. The molecule has 7 nitrogen and oxygen atoms in total. The second-order valence-electron chi connectivity index (χ2n) is 10.6. The Morgan fingerprint density at radius 2 is 1.16 bits per heavy atom. The minimum atomic E-state index is 0.592. The van der Waals surface area contributed by atoms with Gasteiger partial charge in [-0.3, -0.25) is 0 Å². The van der Waals surface area contributed by atoms with Crippen molar-refractivity contribution in [3.8, 4) is 39.9 Å². The molecule has 0 radical (unpaired) electrons. The van der Waals surface area contributed by atoms with E-state index in [2.05, 4.69) is 45.1 Å². The highest BCUT2D eigenvalue weighted by Crippen LogP contribution is 2.39. The van der Waals surface area contributed by atoms with Crippen LogP contribution < -0.4 is 0 Å². The van der Waals surface area contributed by atoms with Crippen LogP contribution in [0.3, 0.4) is 0 Å². The third kappa shape index (κ3) is 3.80. The van der Waals surface area contributed by atoms with Gasteiger partial charge in [0.2, 0.25) is 0 Å². The van der Waals surface area contributed by atoms with E-state index < -0.39 is 0 Å². The minimum absolute atomic E-state index is 0.592. The first-order chi connectivity index (χ1) is 21.8. The third-order valence-corrected chi connectivity index (χ3v) is 8.00. The van der Waals surface area contributed by atoms with Gasteiger partial charge in [-0.15, -0.1) is 5.10 Å². The van der Waals surface area contributed by atoms with Crippen molar-refractivity contribution in [2.45, 2.75) is 0 Å². The van der Waals surface area contributed by atoms with E-state index in [1.807, 2.05) is 97.1 Å². The molecule has 0 atom stereocenters. The van der Waals surface area contributed by atoms with Crippen LogP contribution in [0.4, 0.5) is 0 Å². The fourth-order valence-electron chi connectivity index (χ4n) is 6.00. The Morgan fingerprint density at radius 1 is 0.523 bits per heavy atom. The molecule has 4 aromatic heterocycles. The lowest BCUT2D eigenvalue weighted by Gasteiger charge is -2.11. The minimum Gasteiger partial charge on any atom is -0.454 e. The van der Waals surface area contributed by atoms with Gasteiger partial charge in [0.15, 0.2) is 23.1 Å². The molecule has 0 amide bonds. The van der Waals surface area contributed by atoms with E-state index in [-0.39, 0.29) is 0 Å². The summed E-state index contributed by atoms with van der Waals surface area (Å²) in [4.78, 5) is 14.8. The average Bonchev–Trinajstić information content (AvgIpc) is 3.65. The number of furan rings is 1. The molecule has 0 aliphatic carbocycles. The Kier molecular flexibility index (Phi) is 5.36. The smallest absolute Gasteiger partial charge is 0.164 e. The first kappa shape index (κ1) is 24.4. The summed E-state index contributed by atoms with van der Waals surface area (Å²) in [5.41, 5.74) is 8.01. The topological polar surface area (TPSA) is 82.5 Å². The lowest BCUT2D eigenvalue weighted by Crippen LogP contribution is -2.01. The first-order valence-electron chi connectivity index (χ1n) is 14.4. The quantitative estimate of drug-likeness (QED) is 0.212. The van der Waals surface area contributed by atoms with Gasteiger partial charge < -0.3 is 8.98 Å². The predicted octanol–water partition coefficient (Wildman–Crippen LogP) is 8.66. The summed E-state index contributed by atoms with van der Waals surface area (Å²) in [5, 5.41) is 11.9. The van der Waals surface area contributed by atoms with Gasteiger partial charge >= 0.3 is 0 Å². The molecule has 9 aromatic rings. The molecule has 44 heavy (non-hydrogen) atoms. The summed E-state index contributed by atoms with van der Waals surface area (Å²) < 4.78 is 8.70. The number of nitrogens with zero attached hydrogens (tertiary/aromatic N) is 6. The maximum Gasteiger partial charge on any atom is 0.164 e. The molecular weight excluding hydrogens is 544 g/mol. The fraction of sp³-hybridized carbons (Fsp3) is 0. The molecule has 0 fully saturated rings. The summed E-state index contributed by atoms with van der Waals surface area (Å²) in [6, 6.07) is 42.6. The number of rotatable bonds is 4. The van der Waals surface area contributed by atoms with E-state index in [9.17, 15) is 0 Å². The van der Waals surface area contributed by atoms with E-state index in [1.54, 1.807) is 6.20 Å². The highest BCUT2D eigenvalue weighted by molar-refractivity contribution is 6.20. The van der Waals surface area contributed by atoms with Crippen molar-refractivity contribution < 1.29 is 4.42 Å². The Bertz CT molecular complexity index is 2440. The van der Waals surface area contributed by atoms with Crippen molar-refractivity contribution in [2.75, 3.05) is 0 Å². The number of fused-ring (bicyclic) bond motifs is 7. The van der Waals surface area contributed by atoms with Crippen molar-refractivity contribution >= 4 is 43.9 Å². The van der Waals surface area contributed by atoms with Crippen LogP contribution in [-0.2, 0) is 0 Å². The van der Waals surface area contributed by atoms with Crippen molar-refractivity contribution in [3.05, 3.63) is 134 Å². The molecule has 7 heteroatoms. The van der Waals surface area contributed by atoms with Crippen LogP contribution in [0.2, 0.25) is 0 Å². The standard InChI is InChI=1S/C37H22N6O/c1-3-10-23(11-4-1)35-39-36(24-12-5-2-6-13-24)41-37(40-35)25-14-9-15-26(22-25)43-30-20-21-38-42-32(30)29-19-18-28-27-16-7-8-17-31(27)44-34(28)33(29)43/h1-22H. The number of hydrogen-bond donors (Lipinski definition) is 0. The van der Waals surface area contributed by atoms with Crippen LogP contribution in [0.25, 0.3) is 83.7 Å². The maximum absolute atomic E-state index is 6.50. The molecule has 0 bridgehead atoms. The van der Waals surface area contributed by atoms with E-state index in [4.69, 9.17) is 19.4 Å². The SMILES string of the molecule is c1ccc(-c2nc(-c3ccccc3)nc(-c3cccc(-n4c5ccnnc5c5ccc6c7ccccc7oc6c54)c3)n2)cc1. The second-order valence-corrected chi connectivity index (χ2v) is 10.6. The van der Waals surface area contributed by atoms with Gasteiger partial charge in [0.25, 0.3) is 0 Å². The van der Waals surface area contributed by atoms with Gasteiger partial charge in [-0.2, -0.15) is 5.10 Å². The summed E-state index contributed by atoms with van der Waals surface area (Å²) >= 11 is 0. The molecule has 0 spiro atoms. The fourth-order valence-corrected chi connectivity index (χ4v) is 6.00. The van der Waals surface area contributed by atoms with Crippen molar-refractivity contribution in [2.24, 2.45) is 0 Å². The highest BCUT2D eigenvalue weighted by Gasteiger charge is 2.20. The molecule has 5 aromatic carbocycles. The van der Waals surface area contributed by atoms with Gasteiger partial charge in [-0.25, -0.2) is 15.0 Å². The predicted molar refractivity (Wildman–Crippen MR) is 173 cm³/mol. The average molecular weight is 567 g/mol. The molecule has 0 aliphatic rings. The monoisotopic (exact) mass is 566 g/mol. The normalized spacial score (nSPS) is 11.6. The molecule has 9 rings (SSSR count). The van der Waals surface area contributed by atoms with Crippen LogP contribution in [0.15, 0.2) is 138 Å². The van der Waals surface area contributed by atoms with Gasteiger partial charge in [0.1, 0.15) is 11.1 Å². The van der Waals surface area contributed by atoms with E-state index in [1.165, 1.54) is 0 Å². The first-order valence-corrected chi connectivity index (χ1v) is 14.4. The Morgan fingerprint density at radius 3 is 1.91 bits per heavy atom. The molecule has 206 valence electrons. The Balaban J connectivity index is 1.30. The molecule has 0 saturated carbocycles.